The number of aliphatic hydroxyl groups excluding tert-OH is 1. The van der Waals surface area contributed by atoms with Crippen molar-refractivity contribution in [2.24, 2.45) is 0 Å². The van der Waals surface area contributed by atoms with Gasteiger partial charge in [-0.2, -0.15) is 0 Å². The van der Waals surface area contributed by atoms with Gasteiger partial charge in [-0.25, -0.2) is 4.39 Å². The molecule has 78 valence electrons. The van der Waals surface area contributed by atoms with Gasteiger partial charge in [-0.1, -0.05) is 6.07 Å². The van der Waals surface area contributed by atoms with Crippen molar-refractivity contribution in [1.29, 1.82) is 0 Å². The van der Waals surface area contributed by atoms with E-state index >= 15 is 0 Å². The summed E-state index contributed by atoms with van der Waals surface area (Å²) in [5, 5.41) is 9.10. The molecule has 0 saturated carbocycles. The van der Waals surface area contributed by atoms with Crippen LogP contribution in [-0.4, -0.2) is 17.8 Å². The van der Waals surface area contributed by atoms with Gasteiger partial charge in [-0.3, -0.25) is 0 Å². The molecule has 0 aliphatic rings. The van der Waals surface area contributed by atoms with Gasteiger partial charge in [0.15, 0.2) is 0 Å². The Morgan fingerprint density at radius 1 is 1.50 bits per heavy atom. The lowest BCUT2D eigenvalue weighted by atomic mass is 10.1. The van der Waals surface area contributed by atoms with E-state index in [1.165, 1.54) is 6.07 Å². The maximum atomic E-state index is 13.3. The molecule has 0 fully saturated rings. The van der Waals surface area contributed by atoms with Gasteiger partial charge in [0.05, 0.1) is 12.7 Å². The van der Waals surface area contributed by atoms with Crippen LogP contribution in [0.25, 0.3) is 0 Å². The van der Waals surface area contributed by atoms with Gasteiger partial charge in [0.1, 0.15) is 11.6 Å². The van der Waals surface area contributed by atoms with Crippen LogP contribution in [-0.2, 0) is 6.42 Å². The molecule has 0 saturated heterocycles. The number of hydrogen-bond donors (Lipinski definition) is 1. The van der Waals surface area contributed by atoms with Gasteiger partial charge in [0.2, 0.25) is 0 Å². The molecule has 14 heavy (non-hydrogen) atoms. The Hall–Kier alpha value is -1.09. The molecule has 1 aromatic carbocycles. The molecule has 0 amide bonds. The second kappa shape index (κ2) is 4.96. The molecule has 0 aliphatic carbocycles. The quantitative estimate of drug-likeness (QED) is 0.803. The average molecular weight is 198 g/mol. The van der Waals surface area contributed by atoms with Crippen molar-refractivity contribution in [2.45, 2.75) is 26.4 Å². The van der Waals surface area contributed by atoms with E-state index in [2.05, 4.69) is 0 Å². The summed E-state index contributed by atoms with van der Waals surface area (Å²) in [7, 11) is 0. The molecule has 2 nitrogen and oxygen atoms in total. The van der Waals surface area contributed by atoms with Crippen LogP contribution in [0.15, 0.2) is 18.2 Å². The second-order valence-electron chi connectivity index (χ2n) is 3.24. The minimum Gasteiger partial charge on any atom is -0.494 e. The van der Waals surface area contributed by atoms with Gasteiger partial charge in [0.25, 0.3) is 0 Å². The molecule has 1 unspecified atom stereocenters. The van der Waals surface area contributed by atoms with E-state index in [0.717, 1.165) is 0 Å². The van der Waals surface area contributed by atoms with Crippen LogP contribution in [0, 0.1) is 5.82 Å². The first kappa shape index (κ1) is 11.0. The standard InChI is InChI=1S/C11H15FO2/c1-3-14-10-5-4-9(6-8(2)13)11(12)7-10/h4-5,7-8,13H,3,6H2,1-2H3. The third kappa shape index (κ3) is 3.00. The van der Waals surface area contributed by atoms with Crippen molar-refractivity contribution < 1.29 is 14.2 Å². The van der Waals surface area contributed by atoms with Crippen LogP contribution in [0.2, 0.25) is 0 Å². The smallest absolute Gasteiger partial charge is 0.130 e. The summed E-state index contributed by atoms with van der Waals surface area (Å²) < 4.78 is 18.5. The highest BCUT2D eigenvalue weighted by molar-refractivity contribution is 5.29. The first-order valence-corrected chi connectivity index (χ1v) is 4.72. The van der Waals surface area contributed by atoms with Gasteiger partial charge < -0.3 is 9.84 Å². The fourth-order valence-corrected chi connectivity index (χ4v) is 1.27. The number of hydrogen-bond acceptors (Lipinski definition) is 2. The van der Waals surface area contributed by atoms with Gasteiger partial charge in [-0.15, -0.1) is 0 Å². The highest BCUT2D eigenvalue weighted by Crippen LogP contribution is 2.17. The van der Waals surface area contributed by atoms with Gasteiger partial charge in [0, 0.05) is 12.5 Å². The molecule has 0 spiro atoms. The Bertz CT molecular complexity index is 297. The lowest BCUT2D eigenvalue weighted by molar-refractivity contribution is 0.194. The molecule has 1 N–H and O–H groups in total. The van der Waals surface area contributed by atoms with Crippen molar-refractivity contribution >= 4 is 0 Å². The van der Waals surface area contributed by atoms with E-state index in [9.17, 15) is 4.39 Å². The number of ether oxygens (including phenoxy) is 1. The summed E-state index contributed by atoms with van der Waals surface area (Å²) in [5.74, 6) is 0.205. The molecule has 0 radical (unpaired) electrons. The van der Waals surface area contributed by atoms with Crippen molar-refractivity contribution in [1.82, 2.24) is 0 Å². The zero-order valence-corrected chi connectivity index (χ0v) is 8.46. The largest absolute Gasteiger partial charge is 0.494 e. The SMILES string of the molecule is CCOc1ccc(CC(C)O)c(F)c1. The highest BCUT2D eigenvalue weighted by atomic mass is 19.1. The van der Waals surface area contributed by atoms with Crippen LogP contribution in [0.4, 0.5) is 4.39 Å². The summed E-state index contributed by atoms with van der Waals surface area (Å²) in [6.07, 6.45) is -0.194. The minimum atomic E-state index is -0.526. The van der Waals surface area contributed by atoms with E-state index in [1.54, 1.807) is 19.1 Å². The molecule has 1 atom stereocenters. The summed E-state index contributed by atoms with van der Waals surface area (Å²) in [6.45, 7) is 4.01. The van der Waals surface area contributed by atoms with Crippen LogP contribution >= 0.6 is 0 Å². The van der Waals surface area contributed by atoms with E-state index in [0.29, 0.717) is 24.3 Å². The second-order valence-corrected chi connectivity index (χ2v) is 3.24. The van der Waals surface area contributed by atoms with Crippen LogP contribution in [0.3, 0.4) is 0 Å². The number of aliphatic hydroxyl groups is 1. The molecule has 1 aromatic rings. The fraction of sp³-hybridized carbons (Fsp3) is 0.455. The third-order valence-corrected chi connectivity index (χ3v) is 1.85. The zero-order valence-electron chi connectivity index (χ0n) is 8.46. The number of rotatable bonds is 4. The molecular formula is C11H15FO2. The summed E-state index contributed by atoms with van der Waals surface area (Å²) in [5.41, 5.74) is 0.517. The first-order valence-electron chi connectivity index (χ1n) is 4.72. The molecule has 0 heterocycles. The average Bonchev–Trinajstić information content (AvgIpc) is 2.10. The van der Waals surface area contributed by atoms with E-state index in [1.807, 2.05) is 6.92 Å². The van der Waals surface area contributed by atoms with Crippen LogP contribution in [0.1, 0.15) is 19.4 Å². The first-order chi connectivity index (χ1) is 6.63. The third-order valence-electron chi connectivity index (χ3n) is 1.85. The van der Waals surface area contributed by atoms with Crippen LogP contribution in [0.5, 0.6) is 5.75 Å². The van der Waals surface area contributed by atoms with Crippen LogP contribution < -0.4 is 4.74 Å². The van der Waals surface area contributed by atoms with E-state index < -0.39 is 6.10 Å². The fourth-order valence-electron chi connectivity index (χ4n) is 1.27. The van der Waals surface area contributed by atoms with Crippen molar-refractivity contribution in [3.05, 3.63) is 29.6 Å². The topological polar surface area (TPSA) is 29.5 Å². The van der Waals surface area contributed by atoms with Crippen molar-refractivity contribution in [3.63, 3.8) is 0 Å². The Morgan fingerprint density at radius 2 is 2.21 bits per heavy atom. The lowest BCUT2D eigenvalue weighted by Crippen LogP contribution is -2.06. The van der Waals surface area contributed by atoms with Gasteiger partial charge >= 0.3 is 0 Å². The Morgan fingerprint density at radius 3 is 2.71 bits per heavy atom. The predicted molar refractivity (Wildman–Crippen MR) is 53.0 cm³/mol. The number of benzene rings is 1. The Kier molecular flexibility index (Phi) is 3.89. The number of halogens is 1. The Labute approximate surface area is 83.3 Å². The van der Waals surface area contributed by atoms with Gasteiger partial charge in [-0.05, 0) is 25.5 Å². The molecule has 3 heteroatoms. The normalized spacial score (nSPS) is 12.6. The van der Waals surface area contributed by atoms with E-state index in [-0.39, 0.29) is 5.82 Å². The summed E-state index contributed by atoms with van der Waals surface area (Å²) in [6, 6.07) is 4.71. The molecule has 1 rings (SSSR count). The highest BCUT2D eigenvalue weighted by Gasteiger charge is 2.06. The monoisotopic (exact) mass is 198 g/mol. The maximum absolute atomic E-state index is 13.3. The molecule has 0 bridgehead atoms. The zero-order chi connectivity index (χ0) is 10.6. The minimum absolute atomic E-state index is 0.322. The lowest BCUT2D eigenvalue weighted by Gasteiger charge is -2.08. The van der Waals surface area contributed by atoms with Crippen molar-refractivity contribution in [3.8, 4) is 5.75 Å². The maximum Gasteiger partial charge on any atom is 0.130 e. The predicted octanol–water partition coefficient (Wildman–Crippen LogP) is 2.15. The summed E-state index contributed by atoms with van der Waals surface area (Å²) >= 11 is 0. The Balaban J connectivity index is 2.79. The molecular weight excluding hydrogens is 183 g/mol. The van der Waals surface area contributed by atoms with Crippen molar-refractivity contribution in [2.75, 3.05) is 6.61 Å². The molecule has 0 aliphatic heterocycles. The summed E-state index contributed by atoms with van der Waals surface area (Å²) in [4.78, 5) is 0. The molecule has 0 aromatic heterocycles. The van der Waals surface area contributed by atoms with E-state index in [4.69, 9.17) is 9.84 Å².